The Labute approximate surface area is 148 Å². The number of carbonyl (C=O) groups is 2. The summed E-state index contributed by atoms with van der Waals surface area (Å²) in [6, 6.07) is 0.410. The van der Waals surface area contributed by atoms with Gasteiger partial charge in [-0.25, -0.2) is 4.98 Å². The summed E-state index contributed by atoms with van der Waals surface area (Å²) in [4.78, 5) is 36.1. The van der Waals surface area contributed by atoms with Crippen LogP contribution in [-0.4, -0.2) is 76.8 Å². The molecule has 3 aliphatic rings. The quantitative estimate of drug-likeness (QED) is 0.819. The molecular formula is C18H26N4O3. The van der Waals surface area contributed by atoms with E-state index in [1.807, 2.05) is 4.90 Å². The Morgan fingerprint density at radius 2 is 1.96 bits per heavy atom. The van der Waals surface area contributed by atoms with Crippen LogP contribution in [0.1, 0.15) is 37.2 Å². The Kier molecular flexibility index (Phi) is 4.06. The number of oxazole rings is 1. The number of hydrogen-bond acceptors (Lipinski definition) is 5. The summed E-state index contributed by atoms with van der Waals surface area (Å²) in [5.74, 6) is 0.530. The fourth-order valence-corrected chi connectivity index (χ4v) is 4.67. The second kappa shape index (κ2) is 6.12. The van der Waals surface area contributed by atoms with Gasteiger partial charge >= 0.3 is 0 Å². The van der Waals surface area contributed by atoms with Gasteiger partial charge < -0.3 is 14.2 Å². The molecule has 0 aromatic carbocycles. The SMILES string of the molecule is CC(C)N1C[C@H]2CN(C(=O)c3cnco3)C[C@@]2(C(=O)N2CCCC2)C1. The molecule has 0 radical (unpaired) electrons. The number of likely N-dealkylation sites (tertiary alicyclic amines) is 3. The maximum atomic E-state index is 13.4. The predicted octanol–water partition coefficient (Wildman–Crippen LogP) is 1.08. The topological polar surface area (TPSA) is 69.9 Å². The first-order valence-corrected chi connectivity index (χ1v) is 9.22. The minimum absolute atomic E-state index is 0.156. The van der Waals surface area contributed by atoms with E-state index in [2.05, 4.69) is 23.7 Å². The van der Waals surface area contributed by atoms with E-state index >= 15 is 0 Å². The third-order valence-electron chi connectivity index (χ3n) is 6.12. The molecule has 1 aromatic heterocycles. The first kappa shape index (κ1) is 16.6. The molecule has 3 saturated heterocycles. The number of fused-ring (bicyclic) bond motifs is 1. The van der Waals surface area contributed by atoms with E-state index in [0.717, 1.165) is 39.0 Å². The lowest BCUT2D eigenvalue weighted by atomic mass is 9.79. The van der Waals surface area contributed by atoms with Gasteiger partial charge in [0.15, 0.2) is 6.39 Å². The van der Waals surface area contributed by atoms with Crippen LogP contribution in [0.4, 0.5) is 0 Å². The van der Waals surface area contributed by atoms with Crippen molar-refractivity contribution in [3.63, 3.8) is 0 Å². The molecule has 4 heterocycles. The molecule has 0 aliphatic carbocycles. The van der Waals surface area contributed by atoms with Gasteiger partial charge in [0.05, 0.1) is 11.6 Å². The van der Waals surface area contributed by atoms with Crippen molar-refractivity contribution in [2.45, 2.75) is 32.7 Å². The standard InChI is InChI=1S/C18H26N4O3/c1-13(2)21-8-14-9-22(16(23)15-7-19-12-25-15)11-18(14,10-21)17(24)20-5-3-4-6-20/h7,12-14H,3-6,8-11H2,1-2H3/t14-,18-/m0/s1. The van der Waals surface area contributed by atoms with Crippen molar-refractivity contribution in [3.05, 3.63) is 18.4 Å². The van der Waals surface area contributed by atoms with Crippen molar-refractivity contribution in [2.75, 3.05) is 39.3 Å². The minimum Gasteiger partial charge on any atom is -0.438 e. The second-order valence-electron chi connectivity index (χ2n) is 7.93. The molecule has 4 rings (SSSR count). The van der Waals surface area contributed by atoms with Crippen LogP contribution in [0.25, 0.3) is 0 Å². The number of hydrogen-bond donors (Lipinski definition) is 0. The van der Waals surface area contributed by atoms with Gasteiger partial charge in [0.2, 0.25) is 11.7 Å². The average molecular weight is 346 g/mol. The van der Waals surface area contributed by atoms with Crippen LogP contribution in [0, 0.1) is 11.3 Å². The summed E-state index contributed by atoms with van der Waals surface area (Å²) in [6.45, 7) is 8.76. The van der Waals surface area contributed by atoms with Gasteiger partial charge in [-0.1, -0.05) is 0 Å². The highest BCUT2D eigenvalue weighted by atomic mass is 16.3. The van der Waals surface area contributed by atoms with E-state index in [0.29, 0.717) is 19.1 Å². The maximum Gasteiger partial charge on any atom is 0.291 e. The van der Waals surface area contributed by atoms with E-state index in [4.69, 9.17) is 4.42 Å². The smallest absolute Gasteiger partial charge is 0.291 e. The lowest BCUT2D eigenvalue weighted by molar-refractivity contribution is -0.141. The van der Waals surface area contributed by atoms with Gasteiger partial charge in [0, 0.05) is 51.2 Å². The van der Waals surface area contributed by atoms with Crippen LogP contribution < -0.4 is 0 Å². The molecule has 7 nitrogen and oxygen atoms in total. The van der Waals surface area contributed by atoms with Crippen molar-refractivity contribution in [2.24, 2.45) is 11.3 Å². The number of carbonyl (C=O) groups excluding carboxylic acids is 2. The maximum absolute atomic E-state index is 13.4. The molecule has 2 atom stereocenters. The average Bonchev–Trinajstić information content (AvgIpc) is 3.36. The van der Waals surface area contributed by atoms with Gasteiger partial charge in [-0.15, -0.1) is 0 Å². The van der Waals surface area contributed by atoms with E-state index in [1.54, 1.807) is 4.90 Å². The molecule has 0 unspecified atom stereocenters. The normalized spacial score (nSPS) is 29.6. The Morgan fingerprint density at radius 1 is 1.20 bits per heavy atom. The molecular weight excluding hydrogens is 320 g/mol. The highest BCUT2D eigenvalue weighted by Gasteiger charge is 2.59. The monoisotopic (exact) mass is 346 g/mol. The first-order chi connectivity index (χ1) is 12.0. The molecule has 2 amide bonds. The number of nitrogens with zero attached hydrogens (tertiary/aromatic N) is 4. The molecule has 25 heavy (non-hydrogen) atoms. The number of aromatic nitrogens is 1. The minimum atomic E-state index is -0.468. The Morgan fingerprint density at radius 3 is 2.60 bits per heavy atom. The molecule has 0 spiro atoms. The molecule has 3 fully saturated rings. The van der Waals surface area contributed by atoms with Crippen LogP contribution in [0.5, 0.6) is 0 Å². The zero-order chi connectivity index (χ0) is 17.6. The van der Waals surface area contributed by atoms with Crippen LogP contribution in [0.3, 0.4) is 0 Å². The van der Waals surface area contributed by atoms with Crippen molar-refractivity contribution >= 4 is 11.8 Å². The zero-order valence-corrected chi connectivity index (χ0v) is 15.0. The van der Waals surface area contributed by atoms with E-state index < -0.39 is 5.41 Å². The van der Waals surface area contributed by atoms with E-state index in [-0.39, 0.29) is 23.5 Å². The number of amides is 2. The molecule has 0 N–H and O–H groups in total. The fourth-order valence-electron chi connectivity index (χ4n) is 4.67. The summed E-state index contributed by atoms with van der Waals surface area (Å²) in [5, 5.41) is 0. The summed E-state index contributed by atoms with van der Waals surface area (Å²) in [7, 11) is 0. The van der Waals surface area contributed by atoms with Gasteiger partial charge in [0.1, 0.15) is 0 Å². The van der Waals surface area contributed by atoms with Crippen LogP contribution in [0.2, 0.25) is 0 Å². The van der Waals surface area contributed by atoms with Gasteiger partial charge in [-0.2, -0.15) is 0 Å². The molecule has 3 aliphatic heterocycles. The molecule has 0 saturated carbocycles. The predicted molar refractivity (Wildman–Crippen MR) is 90.9 cm³/mol. The van der Waals surface area contributed by atoms with Gasteiger partial charge in [-0.3, -0.25) is 14.5 Å². The molecule has 0 bridgehead atoms. The van der Waals surface area contributed by atoms with Crippen molar-refractivity contribution in [1.29, 1.82) is 0 Å². The van der Waals surface area contributed by atoms with Gasteiger partial charge in [0.25, 0.3) is 5.91 Å². The number of rotatable bonds is 3. The Balaban J connectivity index is 1.59. The zero-order valence-electron chi connectivity index (χ0n) is 15.0. The summed E-state index contributed by atoms with van der Waals surface area (Å²) in [5.41, 5.74) is -0.468. The van der Waals surface area contributed by atoms with E-state index in [9.17, 15) is 9.59 Å². The second-order valence-corrected chi connectivity index (χ2v) is 7.93. The van der Waals surface area contributed by atoms with Crippen molar-refractivity contribution < 1.29 is 14.0 Å². The van der Waals surface area contributed by atoms with Crippen molar-refractivity contribution in [1.82, 2.24) is 19.7 Å². The summed E-state index contributed by atoms with van der Waals surface area (Å²) >= 11 is 0. The van der Waals surface area contributed by atoms with Crippen molar-refractivity contribution in [3.8, 4) is 0 Å². The van der Waals surface area contributed by atoms with Crippen LogP contribution >= 0.6 is 0 Å². The van der Waals surface area contributed by atoms with E-state index in [1.165, 1.54) is 12.6 Å². The Bertz CT molecular complexity index is 653. The lowest BCUT2D eigenvalue weighted by Gasteiger charge is -2.33. The first-order valence-electron chi connectivity index (χ1n) is 9.22. The Hall–Kier alpha value is -1.89. The fraction of sp³-hybridized carbons (Fsp3) is 0.722. The highest BCUT2D eigenvalue weighted by Crippen LogP contribution is 2.45. The van der Waals surface area contributed by atoms with Gasteiger partial charge in [-0.05, 0) is 26.7 Å². The van der Waals surface area contributed by atoms with Crippen LogP contribution in [-0.2, 0) is 4.79 Å². The van der Waals surface area contributed by atoms with Crippen LogP contribution in [0.15, 0.2) is 17.0 Å². The third kappa shape index (κ3) is 2.65. The molecule has 1 aromatic rings. The summed E-state index contributed by atoms with van der Waals surface area (Å²) < 4.78 is 5.17. The largest absolute Gasteiger partial charge is 0.438 e. The molecule has 7 heteroatoms. The molecule has 136 valence electrons. The highest BCUT2D eigenvalue weighted by molar-refractivity contribution is 5.93. The summed E-state index contributed by atoms with van der Waals surface area (Å²) in [6.07, 6.45) is 4.89. The third-order valence-corrected chi connectivity index (χ3v) is 6.12. The lowest BCUT2D eigenvalue weighted by Crippen LogP contribution is -2.49.